The van der Waals surface area contributed by atoms with E-state index in [0.29, 0.717) is 0 Å². The highest BCUT2D eigenvalue weighted by Gasteiger charge is 2.08. The first-order chi connectivity index (χ1) is 9.76. The van der Waals surface area contributed by atoms with E-state index < -0.39 is 0 Å². The maximum Gasteiger partial charge on any atom is 0.246 e. The summed E-state index contributed by atoms with van der Waals surface area (Å²) < 4.78 is 0. The molecule has 0 fully saturated rings. The van der Waals surface area contributed by atoms with Crippen LogP contribution in [0.3, 0.4) is 0 Å². The summed E-state index contributed by atoms with van der Waals surface area (Å²) in [5, 5.41) is 0. The summed E-state index contributed by atoms with van der Waals surface area (Å²) in [6, 6.07) is 0. The van der Waals surface area contributed by atoms with Crippen molar-refractivity contribution in [1.82, 2.24) is 4.90 Å². The SMILES string of the molecule is CCCCCCCC=CC(=O)N(CCCC)CCCC. The molecule has 0 aliphatic carbocycles. The van der Waals surface area contributed by atoms with Gasteiger partial charge in [0.15, 0.2) is 0 Å². The summed E-state index contributed by atoms with van der Waals surface area (Å²) >= 11 is 0. The zero-order valence-electron chi connectivity index (χ0n) is 14.0. The van der Waals surface area contributed by atoms with E-state index >= 15 is 0 Å². The first-order valence-electron chi connectivity index (χ1n) is 8.71. The van der Waals surface area contributed by atoms with E-state index in [2.05, 4.69) is 26.8 Å². The molecule has 0 bridgehead atoms. The summed E-state index contributed by atoms with van der Waals surface area (Å²) in [5.74, 6) is 0.209. The van der Waals surface area contributed by atoms with Crippen molar-refractivity contribution >= 4 is 5.91 Å². The second kappa shape index (κ2) is 14.6. The Labute approximate surface area is 126 Å². The van der Waals surface area contributed by atoms with Gasteiger partial charge in [-0.2, -0.15) is 0 Å². The average molecular weight is 281 g/mol. The van der Waals surface area contributed by atoms with Gasteiger partial charge in [0.05, 0.1) is 0 Å². The number of amides is 1. The standard InChI is InChI=1S/C18H35NO/c1-4-7-10-11-12-13-14-15-18(20)19(16-8-5-2)17-9-6-3/h14-15H,4-13,16-17H2,1-3H3. The molecule has 1 amide bonds. The third kappa shape index (κ3) is 11.1. The fourth-order valence-electron chi connectivity index (χ4n) is 2.19. The fraction of sp³-hybridized carbons (Fsp3) is 0.833. The predicted molar refractivity (Wildman–Crippen MR) is 88.9 cm³/mol. The summed E-state index contributed by atoms with van der Waals surface area (Å²) in [7, 11) is 0. The first kappa shape index (κ1) is 19.2. The van der Waals surface area contributed by atoms with Gasteiger partial charge in [0.1, 0.15) is 0 Å². The Hall–Kier alpha value is -0.790. The third-order valence-electron chi connectivity index (χ3n) is 3.61. The Kier molecular flexibility index (Phi) is 14.0. The van der Waals surface area contributed by atoms with Gasteiger partial charge in [-0.3, -0.25) is 4.79 Å². The second-order valence-electron chi connectivity index (χ2n) is 5.64. The number of rotatable bonds is 13. The summed E-state index contributed by atoms with van der Waals surface area (Å²) in [5.41, 5.74) is 0. The van der Waals surface area contributed by atoms with Gasteiger partial charge in [-0.25, -0.2) is 0 Å². The molecule has 20 heavy (non-hydrogen) atoms. The highest BCUT2D eigenvalue weighted by Crippen LogP contribution is 2.06. The first-order valence-corrected chi connectivity index (χ1v) is 8.71. The van der Waals surface area contributed by atoms with Crippen LogP contribution in [0.1, 0.15) is 85.0 Å². The van der Waals surface area contributed by atoms with Crippen molar-refractivity contribution in [3.05, 3.63) is 12.2 Å². The van der Waals surface area contributed by atoms with Crippen molar-refractivity contribution in [2.75, 3.05) is 13.1 Å². The Bertz CT molecular complexity index is 240. The van der Waals surface area contributed by atoms with Gasteiger partial charge in [-0.05, 0) is 31.8 Å². The quantitative estimate of drug-likeness (QED) is 0.330. The van der Waals surface area contributed by atoms with Crippen LogP contribution >= 0.6 is 0 Å². The van der Waals surface area contributed by atoms with E-state index in [1.54, 1.807) is 6.08 Å². The van der Waals surface area contributed by atoms with Crippen LogP contribution in [-0.4, -0.2) is 23.9 Å². The summed E-state index contributed by atoms with van der Waals surface area (Å²) in [6.45, 7) is 8.41. The van der Waals surface area contributed by atoms with Crippen LogP contribution in [0.2, 0.25) is 0 Å². The Balaban J connectivity index is 3.90. The van der Waals surface area contributed by atoms with Gasteiger partial charge in [0.2, 0.25) is 5.91 Å². The molecule has 0 aromatic rings. The molecule has 0 spiro atoms. The fourth-order valence-corrected chi connectivity index (χ4v) is 2.19. The van der Waals surface area contributed by atoms with Crippen molar-refractivity contribution in [3.63, 3.8) is 0 Å². The van der Waals surface area contributed by atoms with Gasteiger partial charge < -0.3 is 4.90 Å². The van der Waals surface area contributed by atoms with Crippen molar-refractivity contribution < 1.29 is 4.79 Å². The lowest BCUT2D eigenvalue weighted by molar-refractivity contribution is -0.126. The number of allylic oxidation sites excluding steroid dienone is 1. The number of hydrogen-bond acceptors (Lipinski definition) is 1. The molecule has 0 aliphatic rings. The van der Waals surface area contributed by atoms with E-state index in [0.717, 1.165) is 45.2 Å². The van der Waals surface area contributed by atoms with Crippen LogP contribution in [0, 0.1) is 0 Å². The smallest absolute Gasteiger partial charge is 0.246 e. The lowest BCUT2D eigenvalue weighted by Crippen LogP contribution is -2.31. The Morgan fingerprint density at radius 2 is 1.35 bits per heavy atom. The second-order valence-corrected chi connectivity index (χ2v) is 5.64. The maximum atomic E-state index is 12.1. The topological polar surface area (TPSA) is 20.3 Å². The molecule has 0 aromatic carbocycles. The molecule has 0 rings (SSSR count). The molecular formula is C18H35NO. The summed E-state index contributed by atoms with van der Waals surface area (Å²) in [4.78, 5) is 14.1. The number of unbranched alkanes of at least 4 members (excludes halogenated alkanes) is 7. The minimum absolute atomic E-state index is 0.209. The minimum Gasteiger partial charge on any atom is -0.339 e. The van der Waals surface area contributed by atoms with Crippen LogP contribution in [0.4, 0.5) is 0 Å². The van der Waals surface area contributed by atoms with Crippen LogP contribution in [-0.2, 0) is 4.79 Å². The van der Waals surface area contributed by atoms with Gasteiger partial charge in [-0.15, -0.1) is 0 Å². The van der Waals surface area contributed by atoms with Gasteiger partial charge in [0, 0.05) is 13.1 Å². The van der Waals surface area contributed by atoms with Crippen LogP contribution in [0.15, 0.2) is 12.2 Å². The van der Waals surface area contributed by atoms with Gasteiger partial charge in [0.25, 0.3) is 0 Å². The zero-order chi connectivity index (χ0) is 15.1. The molecule has 0 radical (unpaired) electrons. The molecular weight excluding hydrogens is 246 g/mol. The number of nitrogens with zero attached hydrogens (tertiary/aromatic N) is 1. The molecule has 0 saturated carbocycles. The molecule has 118 valence electrons. The molecule has 2 heteroatoms. The largest absolute Gasteiger partial charge is 0.339 e. The molecule has 0 heterocycles. The average Bonchev–Trinajstić information content (AvgIpc) is 2.46. The molecule has 0 N–H and O–H groups in total. The lowest BCUT2D eigenvalue weighted by atomic mass is 10.1. The van der Waals surface area contributed by atoms with Crippen LogP contribution < -0.4 is 0 Å². The van der Waals surface area contributed by atoms with E-state index in [9.17, 15) is 4.79 Å². The third-order valence-corrected chi connectivity index (χ3v) is 3.61. The van der Waals surface area contributed by atoms with Crippen LogP contribution in [0.5, 0.6) is 0 Å². The molecule has 0 unspecified atom stereocenters. The Morgan fingerprint density at radius 1 is 0.800 bits per heavy atom. The molecule has 0 aromatic heterocycles. The molecule has 0 saturated heterocycles. The predicted octanol–water partition coefficient (Wildman–Crippen LogP) is 5.33. The van der Waals surface area contributed by atoms with Crippen LogP contribution in [0.25, 0.3) is 0 Å². The molecule has 0 aliphatic heterocycles. The van der Waals surface area contributed by atoms with Crippen molar-refractivity contribution in [2.24, 2.45) is 0 Å². The highest BCUT2D eigenvalue weighted by molar-refractivity contribution is 5.87. The zero-order valence-corrected chi connectivity index (χ0v) is 14.0. The lowest BCUT2D eigenvalue weighted by Gasteiger charge is -2.20. The number of carbonyl (C=O) groups is 1. The minimum atomic E-state index is 0.209. The van der Waals surface area contributed by atoms with E-state index in [1.165, 1.54) is 32.1 Å². The Morgan fingerprint density at radius 3 is 1.90 bits per heavy atom. The van der Waals surface area contributed by atoms with E-state index in [-0.39, 0.29) is 5.91 Å². The molecule has 0 atom stereocenters. The van der Waals surface area contributed by atoms with E-state index in [1.807, 2.05) is 4.90 Å². The van der Waals surface area contributed by atoms with E-state index in [4.69, 9.17) is 0 Å². The van der Waals surface area contributed by atoms with Crippen molar-refractivity contribution in [3.8, 4) is 0 Å². The number of carbonyl (C=O) groups excluding carboxylic acids is 1. The highest BCUT2D eigenvalue weighted by atomic mass is 16.2. The van der Waals surface area contributed by atoms with Crippen molar-refractivity contribution in [1.29, 1.82) is 0 Å². The van der Waals surface area contributed by atoms with Gasteiger partial charge >= 0.3 is 0 Å². The monoisotopic (exact) mass is 281 g/mol. The molecule has 2 nitrogen and oxygen atoms in total. The van der Waals surface area contributed by atoms with Gasteiger partial charge in [-0.1, -0.05) is 65.4 Å². The van der Waals surface area contributed by atoms with Crippen molar-refractivity contribution in [2.45, 2.75) is 85.0 Å². The number of hydrogen-bond donors (Lipinski definition) is 0. The summed E-state index contributed by atoms with van der Waals surface area (Å²) in [6.07, 6.45) is 15.9. The normalized spacial score (nSPS) is 11.2. The maximum absolute atomic E-state index is 12.1.